The van der Waals surface area contributed by atoms with Crippen LogP contribution < -0.4 is 5.73 Å². The van der Waals surface area contributed by atoms with Crippen molar-refractivity contribution in [3.63, 3.8) is 0 Å². The van der Waals surface area contributed by atoms with Gasteiger partial charge in [0, 0.05) is 60.4 Å². The number of carbonyl (C=O) groups excluding carboxylic acids is 1. The number of thioether (sulfide) groups is 1. The molecular formula is C27H36FN7OS. The summed E-state index contributed by atoms with van der Waals surface area (Å²) in [4.78, 5) is 30.7. The summed E-state index contributed by atoms with van der Waals surface area (Å²) in [6.07, 6.45) is 7.05. The molecule has 2 saturated heterocycles. The molecule has 3 aromatic rings. The van der Waals surface area contributed by atoms with Crippen molar-refractivity contribution in [1.29, 1.82) is 0 Å². The van der Waals surface area contributed by atoms with Crippen molar-refractivity contribution in [2.75, 3.05) is 31.9 Å². The number of nitrogen functional groups attached to an aromatic ring is 1. The van der Waals surface area contributed by atoms with E-state index in [0.29, 0.717) is 5.52 Å². The summed E-state index contributed by atoms with van der Waals surface area (Å²) in [6.45, 7) is 10.5. The van der Waals surface area contributed by atoms with E-state index in [9.17, 15) is 9.18 Å². The van der Waals surface area contributed by atoms with Gasteiger partial charge in [-0.25, -0.2) is 19.3 Å². The van der Waals surface area contributed by atoms with Gasteiger partial charge in [-0.15, -0.1) is 0 Å². The number of piperidine rings is 2. The zero-order chi connectivity index (χ0) is 26.2. The van der Waals surface area contributed by atoms with E-state index in [1.54, 1.807) is 24.2 Å². The van der Waals surface area contributed by atoms with E-state index in [-0.39, 0.29) is 34.4 Å². The summed E-state index contributed by atoms with van der Waals surface area (Å²) in [5.41, 5.74) is 8.29. The van der Waals surface area contributed by atoms with E-state index >= 15 is 0 Å². The third kappa shape index (κ3) is 6.06. The standard InChI is InChI=1S/C27H36FN7OS/c1-27(2,3)37-26-32-22-14-20(28)4-5-23(22)35(26)21-8-12-34(13-9-21)24(36)19-6-10-33(11-7-19)17-18-15-30-25(29)31-16-18/h4-5,14-16,19,21H,6-13,17H2,1-3H3,(H2,29,30,31). The van der Waals surface area contributed by atoms with E-state index in [0.717, 1.165) is 74.6 Å². The minimum Gasteiger partial charge on any atom is -0.368 e. The number of carbonyl (C=O) groups is 1. The number of halogens is 1. The molecule has 0 radical (unpaired) electrons. The monoisotopic (exact) mass is 525 g/mol. The first-order valence-electron chi connectivity index (χ1n) is 13.1. The third-order valence-electron chi connectivity index (χ3n) is 7.23. The number of nitrogens with zero attached hydrogens (tertiary/aromatic N) is 6. The molecule has 0 spiro atoms. The van der Waals surface area contributed by atoms with Crippen LogP contribution >= 0.6 is 11.8 Å². The highest BCUT2D eigenvalue weighted by Gasteiger charge is 2.33. The Labute approximate surface area is 221 Å². The number of hydrogen-bond acceptors (Lipinski definition) is 7. The summed E-state index contributed by atoms with van der Waals surface area (Å²) >= 11 is 1.71. The number of imidazole rings is 1. The van der Waals surface area contributed by atoms with Crippen LogP contribution in [-0.4, -0.2) is 66.2 Å². The van der Waals surface area contributed by atoms with Gasteiger partial charge in [-0.3, -0.25) is 9.69 Å². The van der Waals surface area contributed by atoms with Gasteiger partial charge < -0.3 is 15.2 Å². The second-order valence-corrected chi connectivity index (χ2v) is 13.0. The van der Waals surface area contributed by atoms with Gasteiger partial charge in [-0.05, 0) is 50.9 Å². The topological polar surface area (TPSA) is 93.2 Å². The highest BCUT2D eigenvalue weighted by Crippen LogP contribution is 2.38. The first-order chi connectivity index (χ1) is 17.7. The lowest BCUT2D eigenvalue weighted by atomic mass is 9.93. The molecule has 1 amide bonds. The maximum atomic E-state index is 13.9. The Balaban J connectivity index is 1.19. The Morgan fingerprint density at radius 1 is 1.08 bits per heavy atom. The average molecular weight is 526 g/mol. The lowest BCUT2D eigenvalue weighted by molar-refractivity contribution is -0.138. The zero-order valence-electron chi connectivity index (χ0n) is 21.9. The number of fused-ring (bicyclic) bond motifs is 1. The predicted octanol–water partition coefficient (Wildman–Crippen LogP) is 4.51. The lowest BCUT2D eigenvalue weighted by Crippen LogP contribution is -2.45. The molecule has 0 aliphatic carbocycles. The normalized spacial score (nSPS) is 18.5. The van der Waals surface area contributed by atoms with Crippen LogP contribution in [0.15, 0.2) is 35.7 Å². The Hall–Kier alpha value is -2.72. The van der Waals surface area contributed by atoms with Gasteiger partial charge in [0.15, 0.2) is 5.16 Å². The number of anilines is 1. The van der Waals surface area contributed by atoms with Crippen LogP contribution in [0.25, 0.3) is 11.0 Å². The van der Waals surface area contributed by atoms with E-state index in [1.165, 1.54) is 12.1 Å². The number of aromatic nitrogens is 4. The smallest absolute Gasteiger partial charge is 0.225 e. The van der Waals surface area contributed by atoms with Gasteiger partial charge in [-0.2, -0.15) is 0 Å². The van der Waals surface area contributed by atoms with Gasteiger partial charge in [0.2, 0.25) is 11.9 Å². The molecule has 37 heavy (non-hydrogen) atoms. The number of likely N-dealkylation sites (tertiary alicyclic amines) is 2. The highest BCUT2D eigenvalue weighted by atomic mass is 32.2. The van der Waals surface area contributed by atoms with Crippen LogP contribution in [0.3, 0.4) is 0 Å². The van der Waals surface area contributed by atoms with E-state index in [2.05, 4.69) is 45.1 Å². The molecule has 10 heteroatoms. The molecule has 2 aromatic heterocycles. The molecule has 0 saturated carbocycles. The minimum absolute atomic E-state index is 0.00982. The molecule has 4 heterocycles. The van der Waals surface area contributed by atoms with Crippen molar-refractivity contribution in [1.82, 2.24) is 29.3 Å². The highest BCUT2D eigenvalue weighted by molar-refractivity contribution is 8.00. The zero-order valence-corrected chi connectivity index (χ0v) is 22.7. The molecule has 2 N–H and O–H groups in total. The largest absolute Gasteiger partial charge is 0.368 e. The van der Waals surface area contributed by atoms with Gasteiger partial charge in [0.1, 0.15) is 5.82 Å². The van der Waals surface area contributed by atoms with Crippen molar-refractivity contribution in [2.24, 2.45) is 5.92 Å². The van der Waals surface area contributed by atoms with Crippen LogP contribution in [0.1, 0.15) is 58.1 Å². The molecule has 2 fully saturated rings. The number of hydrogen-bond donors (Lipinski definition) is 1. The van der Waals surface area contributed by atoms with Gasteiger partial charge in [0.25, 0.3) is 0 Å². The molecule has 0 unspecified atom stereocenters. The Morgan fingerprint density at radius 2 is 1.76 bits per heavy atom. The summed E-state index contributed by atoms with van der Waals surface area (Å²) in [5.74, 6) is 0.393. The first-order valence-corrected chi connectivity index (χ1v) is 13.9. The maximum Gasteiger partial charge on any atom is 0.225 e. The number of benzene rings is 1. The van der Waals surface area contributed by atoms with E-state index in [4.69, 9.17) is 10.7 Å². The quantitative estimate of drug-likeness (QED) is 0.490. The van der Waals surface area contributed by atoms with Gasteiger partial charge >= 0.3 is 0 Å². The molecule has 0 bridgehead atoms. The number of rotatable bonds is 5. The van der Waals surface area contributed by atoms with Crippen LogP contribution in [0.2, 0.25) is 0 Å². The van der Waals surface area contributed by atoms with Crippen molar-refractivity contribution < 1.29 is 9.18 Å². The maximum absolute atomic E-state index is 13.9. The second-order valence-electron chi connectivity index (χ2n) is 11.2. The first kappa shape index (κ1) is 25.9. The van der Waals surface area contributed by atoms with Gasteiger partial charge in [-0.1, -0.05) is 32.5 Å². The summed E-state index contributed by atoms with van der Waals surface area (Å²) in [7, 11) is 0. The van der Waals surface area contributed by atoms with Crippen LogP contribution in [-0.2, 0) is 11.3 Å². The Bertz CT molecular complexity index is 1240. The fraction of sp³-hybridized carbons (Fsp3) is 0.556. The SMILES string of the molecule is CC(C)(C)Sc1nc2cc(F)ccc2n1C1CCN(C(=O)C2CCN(Cc3cnc(N)nc3)CC2)CC1. The summed E-state index contributed by atoms with van der Waals surface area (Å²) in [6, 6.07) is 5.11. The molecule has 2 aliphatic rings. The van der Waals surface area contributed by atoms with E-state index in [1.807, 2.05) is 6.07 Å². The average Bonchev–Trinajstić information content (AvgIpc) is 3.20. The van der Waals surface area contributed by atoms with Crippen LogP contribution in [0, 0.1) is 11.7 Å². The molecule has 2 aliphatic heterocycles. The lowest BCUT2D eigenvalue weighted by Gasteiger charge is -2.38. The fourth-order valence-electron chi connectivity index (χ4n) is 5.39. The van der Waals surface area contributed by atoms with Crippen LogP contribution in [0.4, 0.5) is 10.3 Å². The fourth-order valence-corrected chi connectivity index (χ4v) is 6.43. The van der Waals surface area contributed by atoms with Crippen molar-refractivity contribution >= 4 is 34.7 Å². The second kappa shape index (κ2) is 10.6. The van der Waals surface area contributed by atoms with Crippen molar-refractivity contribution in [2.45, 2.75) is 68.9 Å². The molecule has 198 valence electrons. The molecule has 1 aromatic carbocycles. The molecule has 5 rings (SSSR count). The Morgan fingerprint density at radius 3 is 2.41 bits per heavy atom. The Kier molecular flexibility index (Phi) is 7.40. The van der Waals surface area contributed by atoms with Crippen LogP contribution in [0.5, 0.6) is 0 Å². The number of amides is 1. The summed E-state index contributed by atoms with van der Waals surface area (Å²) in [5, 5.41) is 0.928. The van der Waals surface area contributed by atoms with Crippen molar-refractivity contribution in [3.8, 4) is 0 Å². The molecular weight excluding hydrogens is 489 g/mol. The number of nitrogens with two attached hydrogens (primary N) is 1. The van der Waals surface area contributed by atoms with E-state index < -0.39 is 0 Å². The minimum atomic E-state index is -0.266. The summed E-state index contributed by atoms with van der Waals surface area (Å²) < 4.78 is 16.2. The molecule has 8 nitrogen and oxygen atoms in total. The molecule has 0 atom stereocenters. The van der Waals surface area contributed by atoms with Crippen molar-refractivity contribution in [3.05, 3.63) is 42.0 Å². The third-order valence-corrected chi connectivity index (χ3v) is 8.31. The predicted molar refractivity (Wildman–Crippen MR) is 145 cm³/mol. The van der Waals surface area contributed by atoms with Gasteiger partial charge in [0.05, 0.1) is 11.0 Å².